The van der Waals surface area contributed by atoms with E-state index in [9.17, 15) is 0 Å². The van der Waals surface area contributed by atoms with Crippen LogP contribution in [0.3, 0.4) is 0 Å². The van der Waals surface area contributed by atoms with Crippen LogP contribution in [-0.4, -0.2) is 21.5 Å². The van der Waals surface area contributed by atoms with Crippen LogP contribution in [0.25, 0.3) is 0 Å². The molecule has 0 spiro atoms. The summed E-state index contributed by atoms with van der Waals surface area (Å²) in [6.07, 6.45) is 3.62. The molecule has 0 atom stereocenters. The Labute approximate surface area is 87.6 Å². The summed E-state index contributed by atoms with van der Waals surface area (Å²) >= 11 is 0. The van der Waals surface area contributed by atoms with E-state index in [0.29, 0.717) is 0 Å². The number of rotatable bonds is 2. The lowest BCUT2D eigenvalue weighted by atomic mass is 10.3. The minimum atomic E-state index is 0.243. The van der Waals surface area contributed by atoms with Crippen LogP contribution in [0.2, 0.25) is 0 Å². The van der Waals surface area contributed by atoms with Gasteiger partial charge < -0.3 is 9.97 Å². The number of nitrogens with zero attached hydrogens (tertiary/aromatic N) is 1. The third-order valence-electron chi connectivity index (χ3n) is 2.12. The lowest BCUT2D eigenvalue weighted by Gasteiger charge is -1.98. The van der Waals surface area contributed by atoms with Gasteiger partial charge in [0.1, 0.15) is 0 Å². The maximum Gasteiger partial charge on any atom is 0.168 e. The molecule has 15 heavy (non-hydrogen) atoms. The van der Waals surface area contributed by atoms with E-state index >= 15 is 0 Å². The number of H-pyrrole nitrogens is 2. The molecule has 4 heteroatoms. The lowest BCUT2D eigenvalue weighted by molar-refractivity contribution is 1.30. The predicted octanol–water partition coefficient (Wildman–Crippen LogP) is 2.18. The summed E-state index contributed by atoms with van der Waals surface area (Å²) in [4.78, 5) is 10.2. The standard InChI is InChI=1S/C11H12N4/c1-8(9-4-2-6-13-9)15-11(12)10-5-3-7-14-10/h2-7,12-14H,1H3. The molecule has 76 valence electrons. The maximum absolute atomic E-state index is 7.75. The molecule has 0 saturated heterocycles. The number of hydrogen-bond donors (Lipinski definition) is 3. The Morgan fingerprint density at radius 1 is 1.13 bits per heavy atom. The molecule has 3 N–H and O–H groups in total. The van der Waals surface area contributed by atoms with E-state index in [1.54, 1.807) is 6.20 Å². The summed E-state index contributed by atoms with van der Waals surface area (Å²) in [5.41, 5.74) is 2.46. The molecule has 0 radical (unpaired) electrons. The third-order valence-corrected chi connectivity index (χ3v) is 2.12. The maximum atomic E-state index is 7.75. The first-order chi connectivity index (χ1) is 7.27. The Morgan fingerprint density at radius 2 is 1.73 bits per heavy atom. The highest BCUT2D eigenvalue weighted by Gasteiger charge is 2.02. The van der Waals surface area contributed by atoms with E-state index in [4.69, 9.17) is 5.41 Å². The van der Waals surface area contributed by atoms with Crippen molar-refractivity contribution < 1.29 is 0 Å². The van der Waals surface area contributed by atoms with Gasteiger partial charge in [0.15, 0.2) is 5.84 Å². The highest BCUT2D eigenvalue weighted by molar-refractivity contribution is 6.08. The molecule has 0 fully saturated rings. The summed E-state index contributed by atoms with van der Waals surface area (Å²) in [6.45, 7) is 1.88. The summed E-state index contributed by atoms with van der Waals surface area (Å²) in [7, 11) is 0. The SMILES string of the molecule is CC(=NC(=N)c1ccc[nH]1)c1ccc[nH]1. The summed E-state index contributed by atoms with van der Waals surface area (Å²) in [5.74, 6) is 0.243. The van der Waals surface area contributed by atoms with Crippen molar-refractivity contribution in [3.63, 3.8) is 0 Å². The van der Waals surface area contributed by atoms with Crippen LogP contribution >= 0.6 is 0 Å². The fourth-order valence-electron chi connectivity index (χ4n) is 1.32. The van der Waals surface area contributed by atoms with Gasteiger partial charge in [-0.1, -0.05) is 0 Å². The Kier molecular flexibility index (Phi) is 2.49. The summed E-state index contributed by atoms with van der Waals surface area (Å²) < 4.78 is 0. The van der Waals surface area contributed by atoms with Crippen molar-refractivity contribution in [2.75, 3.05) is 0 Å². The number of hydrogen-bond acceptors (Lipinski definition) is 1. The molecule has 0 aliphatic carbocycles. The Bertz CT molecular complexity index is 463. The smallest absolute Gasteiger partial charge is 0.168 e. The molecule has 0 amide bonds. The Balaban J connectivity index is 2.21. The average Bonchev–Trinajstić information content (AvgIpc) is 2.91. The van der Waals surface area contributed by atoms with Gasteiger partial charge in [0, 0.05) is 12.4 Å². The van der Waals surface area contributed by atoms with Gasteiger partial charge in [-0.3, -0.25) is 5.41 Å². The van der Waals surface area contributed by atoms with Gasteiger partial charge in [-0.15, -0.1) is 0 Å². The third kappa shape index (κ3) is 2.04. The molecule has 0 unspecified atom stereocenters. The fraction of sp³-hybridized carbons (Fsp3) is 0.0909. The van der Waals surface area contributed by atoms with E-state index in [1.807, 2.05) is 37.4 Å². The van der Waals surface area contributed by atoms with Gasteiger partial charge >= 0.3 is 0 Å². The molecular weight excluding hydrogens is 188 g/mol. The van der Waals surface area contributed by atoms with Crippen molar-refractivity contribution in [2.45, 2.75) is 6.92 Å². The minimum absolute atomic E-state index is 0.243. The van der Waals surface area contributed by atoms with Gasteiger partial charge in [0.25, 0.3) is 0 Å². The van der Waals surface area contributed by atoms with Crippen molar-refractivity contribution in [3.05, 3.63) is 48.0 Å². The lowest BCUT2D eigenvalue weighted by Crippen LogP contribution is -2.02. The number of aromatic amines is 2. The van der Waals surface area contributed by atoms with Crippen LogP contribution in [0.5, 0.6) is 0 Å². The van der Waals surface area contributed by atoms with E-state index in [0.717, 1.165) is 17.1 Å². The molecule has 0 bridgehead atoms. The molecule has 2 aromatic heterocycles. The van der Waals surface area contributed by atoms with Crippen molar-refractivity contribution in [2.24, 2.45) is 4.99 Å². The fourth-order valence-corrected chi connectivity index (χ4v) is 1.32. The van der Waals surface area contributed by atoms with E-state index in [-0.39, 0.29) is 5.84 Å². The molecule has 2 heterocycles. The normalized spacial score (nSPS) is 11.7. The quantitative estimate of drug-likeness (QED) is 0.491. The van der Waals surface area contributed by atoms with Crippen LogP contribution in [0, 0.1) is 5.41 Å². The van der Waals surface area contributed by atoms with Gasteiger partial charge in [0.05, 0.1) is 17.1 Å². The number of nitrogens with one attached hydrogen (secondary N) is 3. The number of aromatic nitrogens is 2. The molecule has 4 nitrogen and oxygen atoms in total. The average molecular weight is 200 g/mol. The number of aliphatic imine (C=N–C) groups is 1. The van der Waals surface area contributed by atoms with Crippen LogP contribution in [-0.2, 0) is 0 Å². The van der Waals surface area contributed by atoms with Crippen LogP contribution in [0.4, 0.5) is 0 Å². The first-order valence-corrected chi connectivity index (χ1v) is 4.69. The van der Waals surface area contributed by atoms with Crippen LogP contribution in [0.15, 0.2) is 41.7 Å². The highest BCUT2D eigenvalue weighted by Crippen LogP contribution is 2.01. The molecule has 0 saturated carbocycles. The zero-order valence-electron chi connectivity index (χ0n) is 8.41. The van der Waals surface area contributed by atoms with E-state index in [2.05, 4.69) is 15.0 Å². The van der Waals surface area contributed by atoms with Gasteiger partial charge in [0.2, 0.25) is 0 Å². The van der Waals surface area contributed by atoms with Crippen molar-refractivity contribution >= 4 is 11.5 Å². The monoisotopic (exact) mass is 200 g/mol. The second kappa shape index (κ2) is 3.96. The molecule has 0 aliphatic heterocycles. The van der Waals surface area contributed by atoms with Crippen LogP contribution in [0.1, 0.15) is 18.3 Å². The predicted molar refractivity (Wildman–Crippen MR) is 60.6 cm³/mol. The first kappa shape index (κ1) is 9.45. The summed E-state index contributed by atoms with van der Waals surface area (Å²) in [6, 6.07) is 7.52. The Hall–Kier alpha value is -2.10. The van der Waals surface area contributed by atoms with Crippen LogP contribution < -0.4 is 0 Å². The summed E-state index contributed by atoms with van der Waals surface area (Å²) in [5, 5.41) is 7.75. The first-order valence-electron chi connectivity index (χ1n) is 4.69. The Morgan fingerprint density at radius 3 is 2.27 bits per heavy atom. The van der Waals surface area contributed by atoms with Crippen molar-refractivity contribution in [3.8, 4) is 0 Å². The molecule has 0 aliphatic rings. The minimum Gasteiger partial charge on any atom is -0.360 e. The zero-order valence-corrected chi connectivity index (χ0v) is 8.41. The molecular formula is C11H12N4. The molecule has 2 aromatic rings. The molecule has 0 aromatic carbocycles. The van der Waals surface area contributed by atoms with E-state index in [1.165, 1.54) is 0 Å². The van der Waals surface area contributed by atoms with Gasteiger partial charge in [-0.2, -0.15) is 0 Å². The van der Waals surface area contributed by atoms with Gasteiger partial charge in [-0.25, -0.2) is 4.99 Å². The largest absolute Gasteiger partial charge is 0.360 e. The number of amidine groups is 1. The van der Waals surface area contributed by atoms with Crippen molar-refractivity contribution in [1.82, 2.24) is 9.97 Å². The highest BCUT2D eigenvalue weighted by atomic mass is 14.9. The van der Waals surface area contributed by atoms with E-state index < -0.39 is 0 Å². The van der Waals surface area contributed by atoms with Gasteiger partial charge in [-0.05, 0) is 31.2 Å². The second-order valence-electron chi connectivity index (χ2n) is 3.21. The second-order valence-corrected chi connectivity index (χ2v) is 3.21. The topological polar surface area (TPSA) is 67.8 Å². The molecule has 2 rings (SSSR count). The zero-order chi connectivity index (χ0) is 10.7. The van der Waals surface area contributed by atoms with Crippen molar-refractivity contribution in [1.29, 1.82) is 5.41 Å².